The van der Waals surface area contributed by atoms with Gasteiger partial charge in [0, 0.05) is 0 Å². The molecule has 0 heterocycles. The first kappa shape index (κ1) is 12.0. The molecule has 0 fully saturated rings. The molecule has 0 aliphatic rings. The molecule has 1 atom stereocenters. The average molecular weight is 198 g/mol. The first-order valence-corrected chi connectivity index (χ1v) is 5.25. The number of hydrogen-bond donors (Lipinski definition) is 3. The monoisotopic (exact) mass is 198 g/mol. The van der Waals surface area contributed by atoms with E-state index in [2.05, 4.69) is 9.95 Å². The predicted octanol–water partition coefficient (Wildman–Crippen LogP) is -0.00830. The molecule has 0 spiro atoms. The lowest BCUT2D eigenvalue weighted by Gasteiger charge is -2.13. The minimum atomic E-state index is -3.63. The topological polar surface area (TPSA) is 93.8 Å². The fourth-order valence-electron chi connectivity index (χ4n) is 0.419. The summed E-state index contributed by atoms with van der Waals surface area (Å²) in [7, 11) is -3.63. The van der Waals surface area contributed by atoms with Crippen molar-refractivity contribution in [3.63, 3.8) is 0 Å². The zero-order valence-corrected chi connectivity index (χ0v) is 8.08. The third-order valence-corrected chi connectivity index (χ3v) is 1.93. The van der Waals surface area contributed by atoms with Crippen LogP contribution in [-0.2, 0) is 13.8 Å². The molecule has 7 heteroatoms. The maximum absolute atomic E-state index is 11.0. The zero-order chi connectivity index (χ0) is 9.61. The molecule has 74 valence electrons. The zero-order valence-electron chi connectivity index (χ0n) is 7.19. The second-order valence-corrected chi connectivity index (χ2v) is 4.25. The van der Waals surface area contributed by atoms with E-state index in [1.54, 1.807) is 13.8 Å². The quantitative estimate of drug-likeness (QED) is 0.240. The number of hydrazine groups is 1. The highest BCUT2D eigenvalue weighted by atomic mass is 31.2. The lowest BCUT2D eigenvalue weighted by atomic mass is 10.5. The molecule has 0 aromatic rings. The second-order valence-electron chi connectivity index (χ2n) is 2.46. The van der Waals surface area contributed by atoms with Gasteiger partial charge in [0.25, 0.3) is 0 Å². The van der Waals surface area contributed by atoms with Crippen LogP contribution >= 0.6 is 7.60 Å². The van der Waals surface area contributed by atoms with Gasteiger partial charge in [-0.3, -0.25) is 14.9 Å². The summed E-state index contributed by atoms with van der Waals surface area (Å²) in [6.45, 7) is 3.36. The van der Waals surface area contributed by atoms with Crippen molar-refractivity contribution < 1.29 is 18.7 Å². The van der Waals surface area contributed by atoms with Crippen molar-refractivity contribution in [1.29, 1.82) is 0 Å². The fourth-order valence-corrected chi connectivity index (χ4v) is 1.26. The van der Waals surface area contributed by atoms with Crippen LogP contribution in [0.3, 0.4) is 0 Å². The summed E-state index contributed by atoms with van der Waals surface area (Å²) in [5.74, 6) is 4.84. The molecule has 0 aromatic carbocycles. The van der Waals surface area contributed by atoms with Gasteiger partial charge in [0.05, 0.1) is 6.10 Å². The highest BCUT2D eigenvalue weighted by Crippen LogP contribution is 2.41. The van der Waals surface area contributed by atoms with Crippen molar-refractivity contribution in [1.82, 2.24) is 5.43 Å². The molecule has 0 saturated heterocycles. The highest BCUT2D eigenvalue weighted by molar-refractivity contribution is 7.52. The van der Waals surface area contributed by atoms with Crippen LogP contribution in [0.15, 0.2) is 0 Å². The first-order chi connectivity index (χ1) is 5.48. The molecule has 0 aromatic heterocycles. The molecule has 0 bridgehead atoms. The van der Waals surface area contributed by atoms with Crippen LogP contribution in [-0.4, -0.2) is 24.1 Å². The van der Waals surface area contributed by atoms with Crippen molar-refractivity contribution in [2.75, 3.05) is 13.1 Å². The van der Waals surface area contributed by atoms with Gasteiger partial charge >= 0.3 is 7.60 Å². The summed E-state index contributed by atoms with van der Waals surface area (Å²) in [5, 5.41) is 0. The number of ether oxygens (including phenoxy) is 1. The van der Waals surface area contributed by atoms with Crippen LogP contribution in [0.1, 0.15) is 13.8 Å². The Hall–Kier alpha value is 0.0300. The highest BCUT2D eigenvalue weighted by Gasteiger charge is 2.19. The van der Waals surface area contributed by atoms with Crippen LogP contribution in [0.4, 0.5) is 0 Å². The van der Waals surface area contributed by atoms with Gasteiger partial charge in [-0.1, -0.05) is 0 Å². The Morgan fingerprint density at radius 1 is 1.67 bits per heavy atom. The van der Waals surface area contributed by atoms with E-state index in [9.17, 15) is 4.57 Å². The number of hydrogen-bond acceptors (Lipinski definition) is 5. The Morgan fingerprint density at radius 2 is 2.25 bits per heavy atom. The molecule has 0 radical (unpaired) electrons. The van der Waals surface area contributed by atoms with Gasteiger partial charge < -0.3 is 9.63 Å². The van der Waals surface area contributed by atoms with E-state index in [1.807, 2.05) is 0 Å². The maximum atomic E-state index is 11.0. The van der Waals surface area contributed by atoms with Crippen LogP contribution in [0.2, 0.25) is 0 Å². The standard InChI is InChI=1S/C5H15N2O4P/c1-5(2)10-4-12(8,9)11-3-7-6/h5,7H,3-4,6H2,1-2H3,(H,8,9). The number of nitrogens with one attached hydrogen (secondary N) is 1. The van der Waals surface area contributed by atoms with Crippen molar-refractivity contribution in [2.45, 2.75) is 20.0 Å². The van der Waals surface area contributed by atoms with Crippen molar-refractivity contribution in [2.24, 2.45) is 5.84 Å². The molecular weight excluding hydrogens is 183 g/mol. The minimum absolute atomic E-state index is 0.0973. The largest absolute Gasteiger partial charge is 0.366 e. The molecule has 12 heavy (non-hydrogen) atoms. The lowest BCUT2D eigenvalue weighted by Crippen LogP contribution is -2.24. The smallest absolute Gasteiger partial charge is 0.354 e. The summed E-state index contributed by atoms with van der Waals surface area (Å²) in [6.07, 6.45) is -0.410. The normalized spacial score (nSPS) is 16.4. The van der Waals surface area contributed by atoms with E-state index < -0.39 is 7.60 Å². The number of rotatable bonds is 6. The summed E-state index contributed by atoms with van der Waals surface area (Å²) >= 11 is 0. The molecule has 0 rings (SSSR count). The van der Waals surface area contributed by atoms with Gasteiger partial charge in [0.15, 0.2) is 0 Å². The molecule has 0 aliphatic heterocycles. The summed E-state index contributed by atoms with van der Waals surface area (Å²) < 4.78 is 20.4. The van der Waals surface area contributed by atoms with Crippen molar-refractivity contribution >= 4 is 7.60 Å². The molecule has 0 saturated carbocycles. The minimum Gasteiger partial charge on any atom is -0.366 e. The van der Waals surface area contributed by atoms with Gasteiger partial charge in [0.1, 0.15) is 13.1 Å². The van der Waals surface area contributed by atoms with Gasteiger partial charge in [-0.2, -0.15) is 0 Å². The van der Waals surface area contributed by atoms with Gasteiger partial charge in [-0.15, -0.1) is 0 Å². The third-order valence-electron chi connectivity index (χ3n) is 0.921. The van der Waals surface area contributed by atoms with E-state index in [0.717, 1.165) is 0 Å². The Bertz CT molecular complexity index is 164. The Kier molecular flexibility index (Phi) is 5.65. The van der Waals surface area contributed by atoms with E-state index in [4.69, 9.17) is 15.5 Å². The van der Waals surface area contributed by atoms with Gasteiger partial charge in [-0.05, 0) is 13.8 Å². The molecule has 1 unspecified atom stereocenters. The van der Waals surface area contributed by atoms with E-state index in [-0.39, 0.29) is 19.2 Å². The van der Waals surface area contributed by atoms with E-state index >= 15 is 0 Å². The number of nitrogens with two attached hydrogens (primary N) is 1. The van der Waals surface area contributed by atoms with Crippen LogP contribution in [0, 0.1) is 0 Å². The Balaban J connectivity index is 3.64. The first-order valence-electron chi connectivity index (χ1n) is 3.49. The molecule has 0 amide bonds. The molecule has 0 aliphatic carbocycles. The van der Waals surface area contributed by atoms with Crippen LogP contribution < -0.4 is 11.3 Å². The van der Waals surface area contributed by atoms with Gasteiger partial charge in [0.2, 0.25) is 0 Å². The summed E-state index contributed by atoms with van der Waals surface area (Å²) in [4.78, 5) is 9.01. The van der Waals surface area contributed by atoms with E-state index in [1.165, 1.54) is 0 Å². The third kappa shape index (κ3) is 6.72. The SMILES string of the molecule is CC(C)OCP(=O)(O)OCNN. The van der Waals surface area contributed by atoms with Gasteiger partial charge in [-0.25, -0.2) is 5.43 Å². The summed E-state index contributed by atoms with van der Waals surface area (Å²) in [5.41, 5.74) is 2.10. The Labute approximate surface area is 71.5 Å². The second kappa shape index (κ2) is 5.64. The molecular formula is C5H15N2O4P. The van der Waals surface area contributed by atoms with Crippen molar-refractivity contribution in [3.8, 4) is 0 Å². The molecule has 4 N–H and O–H groups in total. The fraction of sp³-hybridized carbons (Fsp3) is 1.00. The van der Waals surface area contributed by atoms with Crippen LogP contribution in [0.5, 0.6) is 0 Å². The Morgan fingerprint density at radius 3 is 2.67 bits per heavy atom. The van der Waals surface area contributed by atoms with Crippen LogP contribution in [0.25, 0.3) is 0 Å². The maximum Gasteiger partial charge on any atom is 0.354 e. The average Bonchev–Trinajstić information content (AvgIpc) is 1.98. The van der Waals surface area contributed by atoms with Crippen molar-refractivity contribution in [3.05, 3.63) is 0 Å². The lowest BCUT2D eigenvalue weighted by molar-refractivity contribution is 0.0937. The molecule has 6 nitrogen and oxygen atoms in total. The summed E-state index contributed by atoms with van der Waals surface area (Å²) in [6, 6.07) is 0. The van der Waals surface area contributed by atoms with E-state index in [0.29, 0.717) is 0 Å². The predicted molar refractivity (Wildman–Crippen MR) is 44.2 cm³/mol.